The van der Waals surface area contributed by atoms with E-state index in [1.165, 1.54) is 42.5 Å². The van der Waals surface area contributed by atoms with Crippen LogP contribution in [0, 0.1) is 0 Å². The highest BCUT2D eigenvalue weighted by molar-refractivity contribution is 6.11. The SMILES string of the molecule is Nc1ccc(OC(=O)c2cc(C(=O)Oc3ccc(N)cc3)cc(C(=O)c3ccc(N)cc3)c2)cc1. The first-order valence-corrected chi connectivity index (χ1v) is 10.5. The van der Waals surface area contributed by atoms with Crippen LogP contribution in [0.4, 0.5) is 17.1 Å². The van der Waals surface area contributed by atoms with Crippen molar-refractivity contribution in [3.8, 4) is 11.5 Å². The fourth-order valence-corrected chi connectivity index (χ4v) is 3.20. The molecule has 0 aromatic heterocycles. The lowest BCUT2D eigenvalue weighted by molar-refractivity contribution is 0.0734. The predicted molar refractivity (Wildman–Crippen MR) is 132 cm³/mol. The van der Waals surface area contributed by atoms with Crippen LogP contribution in [0.3, 0.4) is 0 Å². The van der Waals surface area contributed by atoms with Crippen LogP contribution in [0.1, 0.15) is 36.6 Å². The van der Waals surface area contributed by atoms with Crippen LogP contribution in [0.15, 0.2) is 91.0 Å². The normalized spacial score (nSPS) is 10.4. The van der Waals surface area contributed by atoms with E-state index in [0.717, 1.165) is 0 Å². The molecule has 0 fully saturated rings. The first-order valence-electron chi connectivity index (χ1n) is 10.5. The molecule has 0 saturated carbocycles. The van der Waals surface area contributed by atoms with Gasteiger partial charge in [-0.1, -0.05) is 0 Å². The van der Waals surface area contributed by atoms with Crippen molar-refractivity contribution < 1.29 is 23.9 Å². The number of carbonyl (C=O) groups is 3. The van der Waals surface area contributed by atoms with E-state index in [4.69, 9.17) is 26.7 Å². The van der Waals surface area contributed by atoms with Crippen molar-refractivity contribution in [3.05, 3.63) is 113 Å². The minimum atomic E-state index is -0.761. The van der Waals surface area contributed by atoms with Gasteiger partial charge in [-0.05, 0) is 91.0 Å². The summed E-state index contributed by atoms with van der Waals surface area (Å²) in [6.07, 6.45) is 0. The molecule has 4 rings (SSSR count). The lowest BCUT2D eigenvalue weighted by Crippen LogP contribution is -2.15. The number of ether oxygens (including phenoxy) is 2. The lowest BCUT2D eigenvalue weighted by atomic mass is 9.98. The predicted octanol–water partition coefficient (Wildman–Crippen LogP) is 4.10. The summed E-state index contributed by atoms with van der Waals surface area (Å²) in [4.78, 5) is 38.9. The number of nitrogens with two attached hydrogens (primary N) is 3. The van der Waals surface area contributed by atoms with Gasteiger partial charge in [-0.2, -0.15) is 0 Å². The van der Waals surface area contributed by atoms with E-state index in [1.54, 1.807) is 48.5 Å². The van der Waals surface area contributed by atoms with E-state index in [9.17, 15) is 14.4 Å². The van der Waals surface area contributed by atoms with Crippen molar-refractivity contribution in [1.82, 2.24) is 0 Å². The quantitative estimate of drug-likeness (QED) is 0.166. The third-order valence-corrected chi connectivity index (χ3v) is 5.02. The highest BCUT2D eigenvalue weighted by Crippen LogP contribution is 2.21. The van der Waals surface area contributed by atoms with Gasteiger partial charge >= 0.3 is 11.9 Å². The Balaban J connectivity index is 1.69. The molecule has 0 aliphatic carbocycles. The zero-order valence-electron chi connectivity index (χ0n) is 18.4. The first-order chi connectivity index (χ1) is 16.8. The van der Waals surface area contributed by atoms with E-state index in [2.05, 4.69) is 0 Å². The van der Waals surface area contributed by atoms with Gasteiger partial charge in [0.05, 0.1) is 11.1 Å². The van der Waals surface area contributed by atoms with Crippen LogP contribution in [0.25, 0.3) is 0 Å². The fourth-order valence-electron chi connectivity index (χ4n) is 3.20. The Kier molecular flexibility index (Phi) is 6.46. The molecular formula is C27H21N3O5. The molecule has 35 heavy (non-hydrogen) atoms. The number of nitrogen functional groups attached to an aromatic ring is 3. The zero-order valence-corrected chi connectivity index (χ0v) is 18.4. The molecule has 0 saturated heterocycles. The van der Waals surface area contributed by atoms with Crippen LogP contribution in [0.2, 0.25) is 0 Å². The molecule has 0 radical (unpaired) electrons. The van der Waals surface area contributed by atoms with Crippen molar-refractivity contribution in [2.75, 3.05) is 17.2 Å². The maximum absolute atomic E-state index is 13.1. The Hall–Kier alpha value is -5.11. The molecule has 6 N–H and O–H groups in total. The molecule has 8 nitrogen and oxygen atoms in total. The van der Waals surface area contributed by atoms with Crippen molar-refractivity contribution in [3.63, 3.8) is 0 Å². The molecule has 0 unspecified atom stereocenters. The van der Waals surface area contributed by atoms with Crippen LogP contribution in [-0.2, 0) is 0 Å². The van der Waals surface area contributed by atoms with Gasteiger partial charge in [0.15, 0.2) is 5.78 Å². The maximum Gasteiger partial charge on any atom is 0.343 e. The second-order valence-corrected chi connectivity index (χ2v) is 7.67. The summed E-state index contributed by atoms with van der Waals surface area (Å²) in [5, 5.41) is 0. The van der Waals surface area contributed by atoms with Crippen molar-refractivity contribution in [2.24, 2.45) is 0 Å². The van der Waals surface area contributed by atoms with Gasteiger partial charge in [0.1, 0.15) is 11.5 Å². The number of hydrogen-bond donors (Lipinski definition) is 3. The fraction of sp³-hybridized carbons (Fsp3) is 0. The summed E-state index contributed by atoms with van der Waals surface area (Å²) in [6, 6.07) is 22.8. The summed E-state index contributed by atoms with van der Waals surface area (Å²) in [7, 11) is 0. The number of ketones is 1. The van der Waals surface area contributed by atoms with Gasteiger partial charge in [0.2, 0.25) is 0 Å². The van der Waals surface area contributed by atoms with Crippen LogP contribution < -0.4 is 26.7 Å². The molecule has 0 aliphatic rings. The van der Waals surface area contributed by atoms with Crippen LogP contribution >= 0.6 is 0 Å². The third-order valence-electron chi connectivity index (χ3n) is 5.02. The van der Waals surface area contributed by atoms with Crippen LogP contribution in [0.5, 0.6) is 11.5 Å². The van der Waals surface area contributed by atoms with E-state index in [0.29, 0.717) is 22.6 Å². The summed E-state index contributed by atoms with van der Waals surface area (Å²) < 4.78 is 10.8. The Labute approximate surface area is 200 Å². The maximum atomic E-state index is 13.1. The summed E-state index contributed by atoms with van der Waals surface area (Å²) in [5.74, 6) is -1.42. The zero-order chi connectivity index (χ0) is 24.9. The highest BCUT2D eigenvalue weighted by atomic mass is 16.5. The van der Waals surface area contributed by atoms with Gasteiger partial charge in [0.25, 0.3) is 0 Å². The molecule has 0 bridgehead atoms. The lowest BCUT2D eigenvalue weighted by Gasteiger charge is -2.10. The Bertz CT molecular complexity index is 1320. The molecule has 0 heterocycles. The van der Waals surface area contributed by atoms with Crippen LogP contribution in [-0.4, -0.2) is 17.7 Å². The van der Waals surface area contributed by atoms with Crippen molar-refractivity contribution in [2.45, 2.75) is 0 Å². The van der Waals surface area contributed by atoms with E-state index in [-0.39, 0.29) is 28.2 Å². The number of carbonyl (C=O) groups excluding carboxylic acids is 3. The smallest absolute Gasteiger partial charge is 0.343 e. The number of anilines is 3. The highest BCUT2D eigenvalue weighted by Gasteiger charge is 2.20. The molecule has 4 aromatic carbocycles. The first kappa shape index (κ1) is 23.1. The molecule has 0 amide bonds. The van der Waals surface area contributed by atoms with E-state index >= 15 is 0 Å². The molecule has 4 aromatic rings. The number of esters is 2. The Morgan fingerprint density at radius 1 is 0.457 bits per heavy atom. The van der Waals surface area contributed by atoms with E-state index < -0.39 is 17.7 Å². The van der Waals surface area contributed by atoms with Gasteiger partial charge in [-0.3, -0.25) is 4.79 Å². The largest absolute Gasteiger partial charge is 0.423 e. The number of hydrogen-bond acceptors (Lipinski definition) is 8. The molecule has 0 aliphatic heterocycles. The van der Waals surface area contributed by atoms with E-state index in [1.807, 2.05) is 0 Å². The summed E-state index contributed by atoms with van der Waals surface area (Å²) in [6.45, 7) is 0. The average Bonchev–Trinajstić information content (AvgIpc) is 2.86. The van der Waals surface area contributed by atoms with Gasteiger partial charge in [-0.15, -0.1) is 0 Å². The van der Waals surface area contributed by atoms with Gasteiger partial charge < -0.3 is 26.7 Å². The standard InChI is InChI=1S/C27H21N3O5/c28-20-3-1-16(2-4-20)25(31)17-13-18(26(32)34-23-9-5-21(29)6-10-23)15-19(14-17)27(33)35-24-11-7-22(30)8-12-24/h1-15H,28-30H2. The average molecular weight is 467 g/mol. The third kappa shape index (κ3) is 5.63. The van der Waals surface area contributed by atoms with Crippen molar-refractivity contribution >= 4 is 34.8 Å². The van der Waals surface area contributed by atoms with Crippen molar-refractivity contribution in [1.29, 1.82) is 0 Å². The number of benzene rings is 4. The topological polar surface area (TPSA) is 148 Å². The minimum Gasteiger partial charge on any atom is -0.423 e. The summed E-state index contributed by atoms with van der Waals surface area (Å²) in [5.41, 5.74) is 19.0. The Morgan fingerprint density at radius 2 is 0.800 bits per heavy atom. The monoisotopic (exact) mass is 467 g/mol. The second kappa shape index (κ2) is 9.80. The minimum absolute atomic E-state index is 0.00706. The molecule has 0 atom stereocenters. The van der Waals surface area contributed by atoms with Gasteiger partial charge in [-0.25, -0.2) is 9.59 Å². The molecule has 0 spiro atoms. The Morgan fingerprint density at radius 3 is 1.20 bits per heavy atom. The number of rotatable bonds is 6. The summed E-state index contributed by atoms with van der Waals surface area (Å²) >= 11 is 0. The molecular weight excluding hydrogens is 446 g/mol. The molecule has 174 valence electrons. The second-order valence-electron chi connectivity index (χ2n) is 7.67. The van der Waals surface area contributed by atoms with Gasteiger partial charge in [0, 0.05) is 28.2 Å². The molecule has 8 heteroatoms.